The van der Waals surface area contributed by atoms with E-state index in [2.05, 4.69) is 11.4 Å². The Labute approximate surface area is 114 Å². The molecule has 1 aromatic carbocycles. The Morgan fingerprint density at radius 3 is 2.58 bits per heavy atom. The van der Waals surface area contributed by atoms with Crippen LogP contribution in [0.5, 0.6) is 11.5 Å². The predicted octanol–water partition coefficient (Wildman–Crippen LogP) is 2.50. The summed E-state index contributed by atoms with van der Waals surface area (Å²) in [6.07, 6.45) is 2.57. The molecule has 0 saturated heterocycles. The van der Waals surface area contributed by atoms with Crippen molar-refractivity contribution in [2.24, 2.45) is 0 Å². The average Bonchev–Trinajstić information content (AvgIpc) is 2.85. The number of hydrogen-bond donors (Lipinski definition) is 1. The number of rotatable bonds is 5. The molecule has 0 bridgehead atoms. The summed E-state index contributed by atoms with van der Waals surface area (Å²) in [6.45, 7) is 2.62. The summed E-state index contributed by atoms with van der Waals surface area (Å²) in [7, 11) is 1.84. The van der Waals surface area contributed by atoms with Gasteiger partial charge in [-0.05, 0) is 51.1 Å². The van der Waals surface area contributed by atoms with Crippen LogP contribution in [-0.4, -0.2) is 25.3 Å². The number of nitrogens with zero attached hydrogens (tertiary/aromatic N) is 1. The highest BCUT2D eigenvalue weighted by atomic mass is 16.5. The van der Waals surface area contributed by atoms with E-state index in [0.717, 1.165) is 30.8 Å². The Bertz CT molecular complexity index is 452. The third-order valence-corrected chi connectivity index (χ3v) is 3.60. The highest BCUT2D eigenvalue weighted by Crippen LogP contribution is 2.32. The lowest BCUT2D eigenvalue weighted by molar-refractivity contribution is 0.201. The lowest BCUT2D eigenvalue weighted by atomic mass is 10.0. The molecule has 0 amide bonds. The number of ether oxygens (including phenoxy) is 2. The monoisotopic (exact) mass is 260 g/mol. The minimum Gasteiger partial charge on any atom is -0.494 e. The van der Waals surface area contributed by atoms with Gasteiger partial charge in [0.1, 0.15) is 23.1 Å². The summed E-state index contributed by atoms with van der Waals surface area (Å²) in [5.41, 5.74) is -0.421. The molecule has 0 spiro atoms. The van der Waals surface area contributed by atoms with E-state index >= 15 is 0 Å². The number of nitriles is 1. The maximum Gasteiger partial charge on any atom is 0.119 e. The summed E-state index contributed by atoms with van der Waals surface area (Å²) in [5.74, 6) is 1.68. The van der Waals surface area contributed by atoms with Crippen molar-refractivity contribution in [3.63, 3.8) is 0 Å². The molecule has 2 atom stereocenters. The standard InChI is InChI=1S/C15H20N2O2/c1-3-18-12-4-6-13(7-5-12)19-14-8-9-15(10-14,11-16)17-2/h4-7,14,17H,3,8-10H2,1-2H3. The molecule has 1 fully saturated rings. The lowest BCUT2D eigenvalue weighted by Gasteiger charge is -2.20. The highest BCUT2D eigenvalue weighted by Gasteiger charge is 2.39. The molecule has 2 rings (SSSR count). The van der Waals surface area contributed by atoms with Gasteiger partial charge in [-0.3, -0.25) is 0 Å². The van der Waals surface area contributed by atoms with Crippen molar-refractivity contribution in [3.8, 4) is 17.6 Å². The molecule has 1 N–H and O–H groups in total. The van der Waals surface area contributed by atoms with Crippen molar-refractivity contribution in [2.75, 3.05) is 13.7 Å². The SMILES string of the molecule is CCOc1ccc(OC2CCC(C#N)(NC)C2)cc1. The Morgan fingerprint density at radius 1 is 1.37 bits per heavy atom. The van der Waals surface area contributed by atoms with Crippen LogP contribution in [0.2, 0.25) is 0 Å². The molecule has 2 unspecified atom stereocenters. The molecular weight excluding hydrogens is 240 g/mol. The third kappa shape index (κ3) is 3.18. The molecule has 1 aliphatic rings. The van der Waals surface area contributed by atoms with E-state index in [4.69, 9.17) is 9.47 Å². The minimum absolute atomic E-state index is 0.102. The Kier molecular flexibility index (Phi) is 4.28. The predicted molar refractivity (Wildman–Crippen MR) is 73.3 cm³/mol. The van der Waals surface area contributed by atoms with Crippen LogP contribution in [0.25, 0.3) is 0 Å². The van der Waals surface area contributed by atoms with Gasteiger partial charge in [0.2, 0.25) is 0 Å². The van der Waals surface area contributed by atoms with Gasteiger partial charge in [-0.2, -0.15) is 5.26 Å². The first-order chi connectivity index (χ1) is 9.21. The van der Waals surface area contributed by atoms with Crippen LogP contribution in [-0.2, 0) is 0 Å². The van der Waals surface area contributed by atoms with Crippen molar-refractivity contribution >= 4 is 0 Å². The fraction of sp³-hybridized carbons (Fsp3) is 0.533. The van der Waals surface area contributed by atoms with Gasteiger partial charge >= 0.3 is 0 Å². The van der Waals surface area contributed by atoms with Gasteiger partial charge in [-0.15, -0.1) is 0 Å². The first kappa shape index (κ1) is 13.7. The molecule has 102 valence electrons. The van der Waals surface area contributed by atoms with Crippen LogP contribution in [0.1, 0.15) is 26.2 Å². The van der Waals surface area contributed by atoms with E-state index in [-0.39, 0.29) is 6.10 Å². The van der Waals surface area contributed by atoms with Crippen LogP contribution in [0.3, 0.4) is 0 Å². The second-order valence-corrected chi connectivity index (χ2v) is 4.83. The van der Waals surface area contributed by atoms with Crippen LogP contribution in [0.4, 0.5) is 0 Å². The van der Waals surface area contributed by atoms with Crippen molar-refractivity contribution in [2.45, 2.75) is 37.8 Å². The van der Waals surface area contributed by atoms with E-state index in [1.54, 1.807) is 0 Å². The van der Waals surface area contributed by atoms with Crippen LogP contribution in [0.15, 0.2) is 24.3 Å². The average molecular weight is 260 g/mol. The van der Waals surface area contributed by atoms with Gasteiger partial charge in [0, 0.05) is 6.42 Å². The van der Waals surface area contributed by atoms with Crippen molar-refractivity contribution in [1.82, 2.24) is 5.32 Å². The smallest absolute Gasteiger partial charge is 0.119 e. The molecule has 1 saturated carbocycles. The molecule has 4 heteroatoms. The van der Waals surface area contributed by atoms with E-state index in [1.807, 2.05) is 38.2 Å². The van der Waals surface area contributed by atoms with Gasteiger partial charge in [0.15, 0.2) is 0 Å². The maximum absolute atomic E-state index is 9.21. The molecular formula is C15H20N2O2. The molecule has 4 nitrogen and oxygen atoms in total. The summed E-state index contributed by atoms with van der Waals surface area (Å²) < 4.78 is 11.3. The summed E-state index contributed by atoms with van der Waals surface area (Å²) in [5, 5.41) is 12.3. The second-order valence-electron chi connectivity index (χ2n) is 4.83. The van der Waals surface area contributed by atoms with Gasteiger partial charge in [0.25, 0.3) is 0 Å². The second kappa shape index (κ2) is 5.94. The van der Waals surface area contributed by atoms with Crippen LogP contribution in [0, 0.1) is 11.3 Å². The first-order valence-electron chi connectivity index (χ1n) is 6.71. The quantitative estimate of drug-likeness (QED) is 0.883. The zero-order valence-electron chi connectivity index (χ0n) is 11.5. The fourth-order valence-corrected chi connectivity index (χ4v) is 2.46. The Morgan fingerprint density at radius 2 is 2.05 bits per heavy atom. The normalized spacial score (nSPS) is 25.8. The van der Waals surface area contributed by atoms with Gasteiger partial charge < -0.3 is 14.8 Å². The summed E-state index contributed by atoms with van der Waals surface area (Å²) >= 11 is 0. The van der Waals surface area contributed by atoms with E-state index in [0.29, 0.717) is 6.61 Å². The molecule has 1 aliphatic carbocycles. The van der Waals surface area contributed by atoms with Gasteiger partial charge in [-0.25, -0.2) is 0 Å². The lowest BCUT2D eigenvalue weighted by Crippen LogP contribution is -2.39. The van der Waals surface area contributed by atoms with E-state index in [9.17, 15) is 5.26 Å². The topological polar surface area (TPSA) is 54.3 Å². The minimum atomic E-state index is -0.421. The summed E-state index contributed by atoms with van der Waals surface area (Å²) in [4.78, 5) is 0. The molecule has 0 heterocycles. The van der Waals surface area contributed by atoms with Crippen molar-refractivity contribution < 1.29 is 9.47 Å². The molecule has 0 aliphatic heterocycles. The number of hydrogen-bond acceptors (Lipinski definition) is 4. The fourth-order valence-electron chi connectivity index (χ4n) is 2.46. The van der Waals surface area contributed by atoms with Crippen molar-refractivity contribution in [3.05, 3.63) is 24.3 Å². The molecule has 19 heavy (non-hydrogen) atoms. The Balaban J connectivity index is 1.94. The number of nitrogens with one attached hydrogen (secondary N) is 1. The molecule has 0 aromatic heterocycles. The van der Waals surface area contributed by atoms with Gasteiger partial charge in [-0.1, -0.05) is 0 Å². The zero-order chi connectivity index (χ0) is 13.7. The highest BCUT2D eigenvalue weighted by molar-refractivity contribution is 5.31. The summed E-state index contributed by atoms with van der Waals surface area (Å²) in [6, 6.07) is 10.00. The first-order valence-corrected chi connectivity index (χ1v) is 6.71. The van der Waals surface area contributed by atoms with Gasteiger partial charge in [0.05, 0.1) is 12.7 Å². The van der Waals surface area contributed by atoms with Crippen molar-refractivity contribution in [1.29, 1.82) is 5.26 Å². The largest absolute Gasteiger partial charge is 0.494 e. The van der Waals surface area contributed by atoms with E-state index in [1.165, 1.54) is 0 Å². The van der Waals surface area contributed by atoms with E-state index < -0.39 is 5.54 Å². The molecule has 0 radical (unpaired) electrons. The van der Waals surface area contributed by atoms with Crippen LogP contribution >= 0.6 is 0 Å². The third-order valence-electron chi connectivity index (χ3n) is 3.60. The zero-order valence-corrected chi connectivity index (χ0v) is 11.5. The number of benzene rings is 1. The van der Waals surface area contributed by atoms with Crippen LogP contribution < -0.4 is 14.8 Å². The molecule has 1 aromatic rings. The maximum atomic E-state index is 9.21. The Hall–Kier alpha value is -1.73.